The van der Waals surface area contributed by atoms with Crippen LogP contribution in [0.25, 0.3) is 10.8 Å². The number of carbonyl (C=O) groups excluding carboxylic acids is 2. The number of methoxy groups -OCH3 is 1. The first-order valence-corrected chi connectivity index (χ1v) is 11.1. The third-order valence-corrected chi connectivity index (χ3v) is 6.51. The Balaban J connectivity index is 1.54. The van der Waals surface area contributed by atoms with Gasteiger partial charge in [0.1, 0.15) is 0 Å². The van der Waals surface area contributed by atoms with Crippen molar-refractivity contribution in [3.63, 3.8) is 0 Å². The normalized spacial score (nSPS) is 14.7. The summed E-state index contributed by atoms with van der Waals surface area (Å²) in [6, 6.07) is 11.3. The number of hydrogen-bond acceptors (Lipinski definition) is 5. The SMILES string of the molecule is CCOc1c(I)cc(/C=N\N2C(=O)c3ccc4c5c(ccc(c35)C2=O)CC4)cc1OC. The zero-order chi connectivity index (χ0) is 21.7. The maximum Gasteiger partial charge on any atom is 0.282 e. The number of benzene rings is 3. The van der Waals surface area contributed by atoms with Crippen LogP contribution in [0, 0.1) is 3.57 Å². The number of amides is 2. The van der Waals surface area contributed by atoms with E-state index >= 15 is 0 Å². The summed E-state index contributed by atoms with van der Waals surface area (Å²) in [4.78, 5) is 26.3. The van der Waals surface area contributed by atoms with E-state index in [9.17, 15) is 9.59 Å². The fraction of sp³-hybridized carbons (Fsp3) is 0.208. The number of hydrogen-bond donors (Lipinski definition) is 0. The minimum absolute atomic E-state index is 0.406. The van der Waals surface area contributed by atoms with Crippen LogP contribution in [0.3, 0.4) is 0 Å². The highest BCUT2D eigenvalue weighted by Crippen LogP contribution is 2.38. The Morgan fingerprint density at radius 3 is 2.26 bits per heavy atom. The first-order valence-electron chi connectivity index (χ1n) is 10.0. The predicted molar refractivity (Wildman–Crippen MR) is 126 cm³/mol. The summed E-state index contributed by atoms with van der Waals surface area (Å²) in [5.41, 5.74) is 4.14. The van der Waals surface area contributed by atoms with Crippen molar-refractivity contribution in [1.82, 2.24) is 5.01 Å². The van der Waals surface area contributed by atoms with E-state index < -0.39 is 11.8 Å². The number of halogens is 1. The zero-order valence-corrected chi connectivity index (χ0v) is 19.2. The van der Waals surface area contributed by atoms with E-state index in [-0.39, 0.29) is 0 Å². The molecule has 0 aromatic heterocycles. The van der Waals surface area contributed by atoms with Crippen LogP contribution in [0.1, 0.15) is 44.3 Å². The van der Waals surface area contributed by atoms with Gasteiger partial charge in [-0.25, -0.2) is 0 Å². The van der Waals surface area contributed by atoms with E-state index in [4.69, 9.17) is 9.47 Å². The summed E-state index contributed by atoms with van der Waals surface area (Å²) >= 11 is 2.16. The van der Waals surface area contributed by atoms with Gasteiger partial charge in [-0.3, -0.25) is 9.59 Å². The molecule has 0 saturated heterocycles. The molecule has 3 aromatic carbocycles. The molecule has 0 fully saturated rings. The molecule has 1 aliphatic carbocycles. The van der Waals surface area contributed by atoms with Crippen molar-refractivity contribution < 1.29 is 19.1 Å². The Kier molecular flexibility index (Phi) is 4.92. The Morgan fingerprint density at radius 1 is 1.03 bits per heavy atom. The first kappa shape index (κ1) is 20.0. The van der Waals surface area contributed by atoms with E-state index in [1.54, 1.807) is 13.2 Å². The molecule has 5 rings (SSSR count). The second kappa shape index (κ2) is 7.64. The van der Waals surface area contributed by atoms with Gasteiger partial charge in [0, 0.05) is 5.39 Å². The van der Waals surface area contributed by atoms with Crippen LogP contribution in [-0.4, -0.2) is 36.8 Å². The summed E-state index contributed by atoms with van der Waals surface area (Å²) in [6.07, 6.45) is 3.38. The number of carbonyl (C=O) groups is 2. The number of hydrazone groups is 1. The highest BCUT2D eigenvalue weighted by atomic mass is 127. The molecule has 3 aromatic rings. The van der Waals surface area contributed by atoms with E-state index in [2.05, 4.69) is 27.7 Å². The van der Waals surface area contributed by atoms with Crippen LogP contribution in [0.15, 0.2) is 41.5 Å². The lowest BCUT2D eigenvalue weighted by Gasteiger charge is -2.23. The molecule has 31 heavy (non-hydrogen) atoms. The quantitative estimate of drug-likeness (QED) is 0.278. The average Bonchev–Trinajstić information content (AvgIpc) is 3.20. The molecule has 0 spiro atoms. The van der Waals surface area contributed by atoms with Crippen LogP contribution in [0.2, 0.25) is 0 Å². The monoisotopic (exact) mass is 526 g/mol. The van der Waals surface area contributed by atoms with E-state index in [1.165, 1.54) is 17.3 Å². The number of nitrogens with zero attached hydrogens (tertiary/aromatic N) is 2. The molecule has 2 amide bonds. The van der Waals surface area contributed by atoms with Crippen molar-refractivity contribution in [2.75, 3.05) is 13.7 Å². The van der Waals surface area contributed by atoms with Crippen LogP contribution < -0.4 is 9.47 Å². The summed E-state index contributed by atoms with van der Waals surface area (Å²) < 4.78 is 11.9. The second-order valence-corrected chi connectivity index (χ2v) is 8.59. The van der Waals surface area contributed by atoms with Crippen LogP contribution in [0.4, 0.5) is 0 Å². The van der Waals surface area contributed by atoms with Crippen molar-refractivity contribution in [1.29, 1.82) is 0 Å². The highest BCUT2D eigenvalue weighted by Gasteiger charge is 2.35. The van der Waals surface area contributed by atoms with E-state index in [0.29, 0.717) is 34.8 Å². The van der Waals surface area contributed by atoms with Gasteiger partial charge >= 0.3 is 0 Å². The number of rotatable bonds is 5. The third-order valence-electron chi connectivity index (χ3n) is 5.71. The molecule has 0 unspecified atom stereocenters. The van der Waals surface area contributed by atoms with Gasteiger partial charge in [-0.1, -0.05) is 12.1 Å². The molecule has 0 saturated carbocycles. The lowest BCUT2D eigenvalue weighted by atomic mass is 9.92. The Hall–Kier alpha value is -2.94. The Bertz CT molecular complexity index is 1240. The molecule has 1 aliphatic heterocycles. The maximum atomic E-state index is 13.2. The van der Waals surface area contributed by atoms with Crippen molar-refractivity contribution in [3.8, 4) is 11.5 Å². The van der Waals surface area contributed by atoms with Gasteiger partial charge in [-0.05, 0) is 88.7 Å². The van der Waals surface area contributed by atoms with Crippen LogP contribution in [-0.2, 0) is 12.8 Å². The van der Waals surface area contributed by atoms with Crippen molar-refractivity contribution >= 4 is 51.4 Å². The van der Waals surface area contributed by atoms with Crippen molar-refractivity contribution in [3.05, 3.63) is 67.8 Å². The molecule has 2 aliphatic rings. The first-order chi connectivity index (χ1) is 15.0. The summed E-state index contributed by atoms with van der Waals surface area (Å²) in [5.74, 6) is 0.416. The molecule has 156 valence electrons. The van der Waals surface area contributed by atoms with Crippen LogP contribution >= 0.6 is 22.6 Å². The molecule has 0 atom stereocenters. The smallest absolute Gasteiger partial charge is 0.282 e. The summed E-state index contributed by atoms with van der Waals surface area (Å²) in [7, 11) is 1.57. The molecule has 6 nitrogen and oxygen atoms in total. The highest BCUT2D eigenvalue weighted by molar-refractivity contribution is 14.1. The zero-order valence-electron chi connectivity index (χ0n) is 17.1. The number of ether oxygens (including phenoxy) is 2. The van der Waals surface area contributed by atoms with Gasteiger partial charge in [0.25, 0.3) is 11.8 Å². The van der Waals surface area contributed by atoms with Gasteiger partial charge < -0.3 is 9.47 Å². The molecule has 0 N–H and O–H groups in total. The van der Waals surface area contributed by atoms with Gasteiger partial charge in [0.2, 0.25) is 0 Å². The maximum absolute atomic E-state index is 13.2. The molecule has 7 heteroatoms. The summed E-state index contributed by atoms with van der Waals surface area (Å²) in [6.45, 7) is 2.43. The topological polar surface area (TPSA) is 68.2 Å². The lowest BCUT2D eigenvalue weighted by molar-refractivity contribution is 0.0616. The molecule has 0 bridgehead atoms. The average molecular weight is 526 g/mol. The van der Waals surface area contributed by atoms with Gasteiger partial charge in [-0.15, -0.1) is 0 Å². The minimum atomic E-state index is -0.406. The largest absolute Gasteiger partial charge is 0.493 e. The van der Waals surface area contributed by atoms with Gasteiger partial charge in [0.15, 0.2) is 11.5 Å². The molecule has 1 heterocycles. The van der Waals surface area contributed by atoms with Crippen molar-refractivity contribution in [2.24, 2.45) is 5.10 Å². The Labute approximate surface area is 193 Å². The van der Waals surface area contributed by atoms with E-state index in [0.717, 1.165) is 32.2 Å². The number of aryl methyl sites for hydroxylation is 2. The van der Waals surface area contributed by atoms with Crippen LogP contribution in [0.5, 0.6) is 11.5 Å². The second-order valence-electron chi connectivity index (χ2n) is 7.43. The summed E-state index contributed by atoms with van der Waals surface area (Å²) in [5, 5.41) is 7.04. The molecular weight excluding hydrogens is 507 g/mol. The standard InChI is InChI=1S/C24H19IN2O4/c1-3-31-22-18(25)10-13(11-19(22)30-2)12-26-27-23(28)16-8-6-14-4-5-15-7-9-17(24(27)29)21(16)20(14)15/h6-12H,3-5H2,1-2H3/b26-12-. The molecular formula is C24H19IN2O4. The lowest BCUT2D eigenvalue weighted by Crippen LogP contribution is -2.36. The Morgan fingerprint density at radius 2 is 1.68 bits per heavy atom. The van der Waals surface area contributed by atoms with E-state index in [1.807, 2.05) is 37.3 Å². The van der Waals surface area contributed by atoms with Gasteiger partial charge in [0.05, 0.1) is 34.6 Å². The predicted octanol–water partition coefficient (Wildman–Crippen LogP) is 4.58. The fourth-order valence-electron chi connectivity index (χ4n) is 4.33. The van der Waals surface area contributed by atoms with Gasteiger partial charge in [-0.2, -0.15) is 10.1 Å². The minimum Gasteiger partial charge on any atom is -0.493 e. The molecule has 0 radical (unpaired) electrons. The third kappa shape index (κ3) is 3.10. The number of imide groups is 1. The van der Waals surface area contributed by atoms with Crippen molar-refractivity contribution in [2.45, 2.75) is 19.8 Å². The fourth-order valence-corrected chi connectivity index (χ4v) is 5.11.